The summed E-state index contributed by atoms with van der Waals surface area (Å²) in [4.78, 5) is 43.0. The Morgan fingerprint density at radius 2 is 1.62 bits per heavy atom. The van der Waals surface area contributed by atoms with Crippen LogP contribution in [0.15, 0.2) is 81.7 Å². The molecular weight excluding hydrogens is 638 g/mol. The van der Waals surface area contributed by atoms with Crippen LogP contribution in [-0.2, 0) is 16.1 Å². The number of nitro benzene ring substituents is 1. The van der Waals surface area contributed by atoms with E-state index in [9.17, 15) is 19.7 Å². The van der Waals surface area contributed by atoms with Crippen LogP contribution in [0.1, 0.15) is 50.4 Å². The third-order valence-electron chi connectivity index (χ3n) is 7.43. The number of methoxy groups -OCH3 is 1. The van der Waals surface area contributed by atoms with Crippen LogP contribution < -0.4 is 33.8 Å². The van der Waals surface area contributed by atoms with Crippen molar-refractivity contribution in [3.63, 3.8) is 0 Å². The zero-order valence-electron chi connectivity index (χ0n) is 27.2. The van der Waals surface area contributed by atoms with Gasteiger partial charge in [0, 0.05) is 12.1 Å². The fourth-order valence-electron chi connectivity index (χ4n) is 5.26. The highest BCUT2D eigenvalue weighted by Gasteiger charge is 2.34. The topological polar surface area (TPSA) is 141 Å². The van der Waals surface area contributed by atoms with E-state index < -0.39 is 16.9 Å². The van der Waals surface area contributed by atoms with Crippen LogP contribution in [0, 0.1) is 10.1 Å². The lowest BCUT2D eigenvalue weighted by Gasteiger charge is -2.25. The zero-order chi connectivity index (χ0) is 34.4. The molecule has 0 radical (unpaired) electrons. The Labute approximate surface area is 280 Å². The smallest absolute Gasteiger partial charge is 0.338 e. The maximum absolute atomic E-state index is 14.1. The third-order valence-corrected chi connectivity index (χ3v) is 8.41. The lowest BCUT2D eigenvalue weighted by Crippen LogP contribution is -2.40. The number of allylic oxidation sites excluding steroid dienone is 1. The Bertz CT molecular complexity index is 2050. The Morgan fingerprint density at radius 3 is 2.29 bits per heavy atom. The van der Waals surface area contributed by atoms with Crippen molar-refractivity contribution in [1.82, 2.24) is 4.57 Å². The molecule has 0 amide bonds. The van der Waals surface area contributed by atoms with Crippen LogP contribution in [0.2, 0.25) is 0 Å². The molecule has 4 aromatic rings. The third kappa shape index (κ3) is 7.10. The van der Waals surface area contributed by atoms with Crippen LogP contribution in [0.5, 0.6) is 23.0 Å². The van der Waals surface area contributed by atoms with E-state index in [1.165, 1.54) is 35.1 Å². The Balaban J connectivity index is 1.53. The van der Waals surface area contributed by atoms with Gasteiger partial charge in [-0.3, -0.25) is 19.5 Å². The van der Waals surface area contributed by atoms with Gasteiger partial charge in [0.15, 0.2) is 27.8 Å². The first-order chi connectivity index (χ1) is 23.2. The number of nitrogens with zero attached hydrogens (tertiary/aromatic N) is 3. The molecule has 0 fully saturated rings. The van der Waals surface area contributed by atoms with Crippen LogP contribution in [0.4, 0.5) is 5.69 Å². The number of hydrogen-bond donors (Lipinski definition) is 0. The van der Waals surface area contributed by atoms with E-state index in [1.54, 1.807) is 62.4 Å². The van der Waals surface area contributed by atoms with Crippen molar-refractivity contribution in [1.29, 1.82) is 0 Å². The summed E-state index contributed by atoms with van der Waals surface area (Å²) >= 11 is 1.21. The van der Waals surface area contributed by atoms with Crippen LogP contribution in [0.3, 0.4) is 0 Å². The quantitative estimate of drug-likeness (QED) is 0.108. The van der Waals surface area contributed by atoms with E-state index >= 15 is 0 Å². The summed E-state index contributed by atoms with van der Waals surface area (Å²) in [7, 11) is 1.51. The molecular formula is C35H35N3O9S. The first-order valence-electron chi connectivity index (χ1n) is 15.3. The molecule has 1 atom stereocenters. The Morgan fingerprint density at radius 1 is 0.938 bits per heavy atom. The number of fused-ring (bicyclic) bond motifs is 1. The highest BCUT2D eigenvalue weighted by Crippen LogP contribution is 2.36. The lowest BCUT2D eigenvalue weighted by molar-refractivity contribution is -0.384. The van der Waals surface area contributed by atoms with Gasteiger partial charge in [0.05, 0.1) is 53.7 Å². The standard InChI is InChI=1S/C35H35N3O9S/c1-6-44-27-16-12-24(19-29(27)45-7-2)32-31(34(40)46-8-3)21(4)36-35-37(32)33(39)30(48-35)18-23-11-15-26(28(17-23)43-5)47-20-22-9-13-25(14-10-22)38(41)42/h9-19,32H,6-8,20H2,1-5H3/b30-18-/t32-/m1/s1. The maximum atomic E-state index is 14.1. The maximum Gasteiger partial charge on any atom is 0.338 e. The minimum atomic E-state index is -0.818. The molecule has 12 nitrogen and oxygen atoms in total. The second kappa shape index (κ2) is 15.0. The van der Waals surface area contributed by atoms with Crippen molar-refractivity contribution in [3.8, 4) is 23.0 Å². The molecule has 0 saturated carbocycles. The second-order valence-corrected chi connectivity index (χ2v) is 11.5. The van der Waals surface area contributed by atoms with Gasteiger partial charge in [-0.15, -0.1) is 0 Å². The molecule has 5 rings (SSSR count). The van der Waals surface area contributed by atoms with Crippen molar-refractivity contribution >= 4 is 29.1 Å². The number of thiazole rings is 1. The number of benzene rings is 3. The number of esters is 1. The van der Waals surface area contributed by atoms with Gasteiger partial charge in [0.25, 0.3) is 11.2 Å². The second-order valence-electron chi connectivity index (χ2n) is 10.5. The molecule has 13 heteroatoms. The SMILES string of the molecule is CCOC(=O)C1=C(C)N=c2s/c(=C\c3ccc(OCc4ccc([N+](=O)[O-])cc4)c(OC)c3)c(=O)n2[C@@H]1c1ccc(OCC)c(OCC)c1. The highest BCUT2D eigenvalue weighted by atomic mass is 32.1. The average molecular weight is 674 g/mol. The van der Waals surface area contributed by atoms with Gasteiger partial charge in [-0.25, -0.2) is 9.79 Å². The fourth-order valence-corrected chi connectivity index (χ4v) is 6.31. The Kier molecular flexibility index (Phi) is 10.6. The number of carbonyl (C=O) groups is 1. The minimum absolute atomic E-state index is 0.000647. The predicted octanol–water partition coefficient (Wildman–Crippen LogP) is 5.09. The number of rotatable bonds is 13. The van der Waals surface area contributed by atoms with E-state index in [0.29, 0.717) is 62.4 Å². The van der Waals surface area contributed by atoms with E-state index in [0.717, 1.165) is 5.56 Å². The van der Waals surface area contributed by atoms with Crippen molar-refractivity contribution in [3.05, 3.63) is 118 Å². The van der Waals surface area contributed by atoms with E-state index in [4.69, 9.17) is 23.7 Å². The van der Waals surface area contributed by atoms with Gasteiger partial charge in [-0.2, -0.15) is 0 Å². The number of ether oxygens (including phenoxy) is 5. The molecule has 250 valence electrons. The number of carbonyl (C=O) groups excluding carboxylic acids is 1. The Hall–Kier alpha value is -5.43. The molecule has 1 aromatic heterocycles. The van der Waals surface area contributed by atoms with Crippen molar-refractivity contribution in [2.75, 3.05) is 26.9 Å². The largest absolute Gasteiger partial charge is 0.493 e. The first-order valence-corrected chi connectivity index (χ1v) is 16.1. The van der Waals surface area contributed by atoms with Crippen molar-refractivity contribution in [2.24, 2.45) is 4.99 Å². The summed E-state index contributed by atoms with van der Waals surface area (Å²) in [5.74, 6) is 1.40. The fraction of sp³-hybridized carbons (Fsp3) is 0.286. The number of aromatic nitrogens is 1. The predicted molar refractivity (Wildman–Crippen MR) is 180 cm³/mol. The molecule has 1 aliphatic heterocycles. The van der Waals surface area contributed by atoms with E-state index in [-0.39, 0.29) is 30.0 Å². The van der Waals surface area contributed by atoms with Gasteiger partial charge in [-0.1, -0.05) is 23.5 Å². The molecule has 0 N–H and O–H groups in total. The minimum Gasteiger partial charge on any atom is -0.493 e. The number of hydrogen-bond acceptors (Lipinski definition) is 11. The lowest BCUT2D eigenvalue weighted by atomic mass is 9.95. The molecule has 0 bridgehead atoms. The van der Waals surface area contributed by atoms with Crippen LogP contribution in [0.25, 0.3) is 6.08 Å². The summed E-state index contributed by atoms with van der Waals surface area (Å²) in [6.45, 7) is 8.38. The highest BCUT2D eigenvalue weighted by molar-refractivity contribution is 7.07. The molecule has 2 heterocycles. The normalized spacial score (nSPS) is 14.2. The van der Waals surface area contributed by atoms with Gasteiger partial charge in [0.2, 0.25) is 0 Å². The van der Waals surface area contributed by atoms with Gasteiger partial charge < -0.3 is 23.7 Å². The van der Waals surface area contributed by atoms with Crippen LogP contribution in [-0.4, -0.2) is 42.4 Å². The zero-order valence-corrected chi connectivity index (χ0v) is 28.0. The molecule has 48 heavy (non-hydrogen) atoms. The summed E-state index contributed by atoms with van der Waals surface area (Å²) in [6, 6.07) is 15.9. The van der Waals surface area contributed by atoms with Crippen molar-refractivity contribution < 1.29 is 33.4 Å². The molecule has 1 aliphatic rings. The van der Waals surface area contributed by atoms with Crippen LogP contribution >= 0.6 is 11.3 Å². The first kappa shape index (κ1) is 33.9. The van der Waals surface area contributed by atoms with Gasteiger partial charge in [-0.05, 0) is 86.9 Å². The summed E-state index contributed by atoms with van der Waals surface area (Å²) in [6.07, 6.45) is 1.73. The summed E-state index contributed by atoms with van der Waals surface area (Å²) in [5.41, 5.74) is 2.45. The van der Waals surface area contributed by atoms with Crippen molar-refractivity contribution in [2.45, 2.75) is 40.3 Å². The summed E-state index contributed by atoms with van der Waals surface area (Å²) < 4.78 is 30.4. The van der Waals surface area contributed by atoms with Gasteiger partial charge in [0.1, 0.15) is 6.61 Å². The van der Waals surface area contributed by atoms with E-state index in [1.807, 2.05) is 19.9 Å². The number of nitro groups is 1. The molecule has 0 saturated heterocycles. The van der Waals surface area contributed by atoms with Gasteiger partial charge >= 0.3 is 5.97 Å². The molecule has 0 aliphatic carbocycles. The molecule has 0 spiro atoms. The summed E-state index contributed by atoms with van der Waals surface area (Å²) in [5, 5.41) is 10.9. The number of non-ortho nitro benzene ring substituents is 1. The molecule has 3 aromatic carbocycles. The molecule has 0 unspecified atom stereocenters. The van der Waals surface area contributed by atoms with E-state index in [2.05, 4.69) is 4.99 Å². The average Bonchev–Trinajstić information content (AvgIpc) is 3.38. The monoisotopic (exact) mass is 673 g/mol.